The number of amides is 1. The number of aromatic nitrogens is 4. The molecule has 2 heterocycles. The molecule has 5 rings (SSSR count). The fourth-order valence-corrected chi connectivity index (χ4v) is 5.40. The number of anilines is 1. The molecule has 0 aliphatic carbocycles. The van der Waals surface area contributed by atoms with Gasteiger partial charge < -0.3 is 19.9 Å². The zero-order valence-corrected chi connectivity index (χ0v) is 23.6. The Balaban J connectivity index is 1.27. The van der Waals surface area contributed by atoms with Crippen molar-refractivity contribution in [3.63, 3.8) is 0 Å². The average Bonchev–Trinajstić information content (AvgIpc) is 3.40. The van der Waals surface area contributed by atoms with Crippen LogP contribution in [0.1, 0.15) is 58.4 Å². The van der Waals surface area contributed by atoms with Crippen LogP contribution >= 0.6 is 11.8 Å². The minimum absolute atomic E-state index is 0.0162. The fourth-order valence-electron chi connectivity index (χ4n) is 4.53. The number of hydrogen-bond acceptors (Lipinski definition) is 9. The summed E-state index contributed by atoms with van der Waals surface area (Å²) in [6.45, 7) is 1.48. The van der Waals surface area contributed by atoms with Crippen LogP contribution in [0.3, 0.4) is 0 Å². The number of benzene rings is 3. The lowest BCUT2D eigenvalue weighted by molar-refractivity contribution is -0.245. The van der Waals surface area contributed by atoms with Crippen LogP contribution in [-0.4, -0.2) is 48.9 Å². The van der Waals surface area contributed by atoms with E-state index in [1.807, 2.05) is 48.5 Å². The summed E-state index contributed by atoms with van der Waals surface area (Å²) in [5.41, 5.74) is 4.66. The number of nitrogens with one attached hydrogen (secondary N) is 1. The normalized spacial score (nSPS) is 18.7. The third-order valence-electron chi connectivity index (χ3n) is 6.76. The van der Waals surface area contributed by atoms with Gasteiger partial charge in [-0.2, -0.15) is 0 Å². The largest absolute Gasteiger partial charge is 0.392 e. The second kappa shape index (κ2) is 13.2. The lowest BCUT2D eigenvalue weighted by Crippen LogP contribution is -2.31. The standard InChI is InChI=1S/C30H31N5O5S/c1-19(37)24-4-3-5-25(15-24)31-28(38)14-20-6-12-23(13-7-20)29-39-26(18-41-30-32-33-34-35(30)2)16-27(40-29)22-10-8-21(17-36)9-11-22/h3-13,15,26-27,29,36H,14,16-18H2,1-2H3,(H,31,38)/t26-,27+,29?/m0/s1. The Labute approximate surface area is 242 Å². The second-order valence-corrected chi connectivity index (χ2v) is 10.8. The summed E-state index contributed by atoms with van der Waals surface area (Å²) in [6.07, 6.45) is -0.111. The first-order valence-corrected chi connectivity index (χ1v) is 14.2. The summed E-state index contributed by atoms with van der Waals surface area (Å²) >= 11 is 1.52. The van der Waals surface area contributed by atoms with Crippen LogP contribution in [0.5, 0.6) is 0 Å². The van der Waals surface area contributed by atoms with Crippen molar-refractivity contribution in [3.8, 4) is 0 Å². The number of rotatable bonds is 10. The van der Waals surface area contributed by atoms with E-state index in [9.17, 15) is 14.7 Å². The predicted octanol–water partition coefficient (Wildman–Crippen LogP) is 4.42. The van der Waals surface area contributed by atoms with Gasteiger partial charge in [0.2, 0.25) is 11.1 Å². The summed E-state index contributed by atoms with van der Waals surface area (Å²) < 4.78 is 14.4. The molecule has 1 saturated heterocycles. The fraction of sp³-hybridized carbons (Fsp3) is 0.300. The number of ether oxygens (including phenoxy) is 2. The number of aryl methyl sites for hydroxylation is 1. The van der Waals surface area contributed by atoms with Crippen molar-refractivity contribution in [2.24, 2.45) is 7.05 Å². The highest BCUT2D eigenvalue weighted by Crippen LogP contribution is 2.39. The average molecular weight is 574 g/mol. The van der Waals surface area contributed by atoms with Crippen LogP contribution in [0, 0.1) is 0 Å². The number of thioether (sulfide) groups is 1. The van der Waals surface area contributed by atoms with E-state index in [0.29, 0.717) is 28.6 Å². The van der Waals surface area contributed by atoms with Crippen molar-refractivity contribution in [2.45, 2.75) is 50.0 Å². The van der Waals surface area contributed by atoms with Crippen molar-refractivity contribution in [1.82, 2.24) is 20.2 Å². The van der Waals surface area contributed by atoms with Gasteiger partial charge in [0.05, 0.1) is 25.2 Å². The van der Waals surface area contributed by atoms with Gasteiger partial charge in [0, 0.05) is 36.0 Å². The molecule has 3 aromatic carbocycles. The van der Waals surface area contributed by atoms with Gasteiger partial charge in [-0.3, -0.25) is 9.59 Å². The first-order valence-electron chi connectivity index (χ1n) is 13.2. The molecule has 0 radical (unpaired) electrons. The Morgan fingerprint density at radius 3 is 2.44 bits per heavy atom. The summed E-state index contributed by atoms with van der Waals surface area (Å²) in [5, 5.41) is 24.6. The number of aliphatic hydroxyl groups is 1. The van der Waals surface area contributed by atoms with E-state index >= 15 is 0 Å². The number of ketones is 1. The second-order valence-electron chi connectivity index (χ2n) is 9.85. The van der Waals surface area contributed by atoms with Crippen molar-refractivity contribution in [3.05, 3.63) is 101 Å². The first-order chi connectivity index (χ1) is 19.9. The number of carbonyl (C=O) groups excluding carboxylic acids is 2. The summed E-state index contributed by atoms with van der Waals surface area (Å²) in [5.74, 6) is 0.410. The molecule has 10 nitrogen and oxygen atoms in total. The third kappa shape index (κ3) is 7.44. The van der Waals surface area contributed by atoms with Gasteiger partial charge in [-0.05, 0) is 46.2 Å². The van der Waals surface area contributed by atoms with Crippen molar-refractivity contribution in [2.75, 3.05) is 11.1 Å². The van der Waals surface area contributed by atoms with Crippen LogP contribution in [0.2, 0.25) is 0 Å². The molecule has 1 aliphatic rings. The summed E-state index contributed by atoms with van der Waals surface area (Å²) in [4.78, 5) is 24.3. The van der Waals surface area contributed by atoms with Gasteiger partial charge >= 0.3 is 0 Å². The quantitative estimate of drug-likeness (QED) is 0.209. The van der Waals surface area contributed by atoms with Crippen molar-refractivity contribution < 1.29 is 24.2 Å². The number of Topliss-reactive ketones (excluding diaryl/α,β-unsaturated/α-hetero) is 1. The van der Waals surface area contributed by atoms with Gasteiger partial charge in [0.15, 0.2) is 12.1 Å². The third-order valence-corrected chi connectivity index (χ3v) is 7.91. The lowest BCUT2D eigenvalue weighted by atomic mass is 10.0. The number of tetrazole rings is 1. The Hall–Kier alpha value is -3.90. The van der Waals surface area contributed by atoms with E-state index in [2.05, 4.69) is 20.8 Å². The molecule has 1 unspecified atom stereocenters. The maximum absolute atomic E-state index is 12.7. The molecule has 212 valence electrons. The monoisotopic (exact) mass is 573 g/mol. The maximum atomic E-state index is 12.7. The molecular formula is C30H31N5O5S. The smallest absolute Gasteiger partial charge is 0.228 e. The lowest BCUT2D eigenvalue weighted by Gasteiger charge is -2.36. The predicted molar refractivity (Wildman–Crippen MR) is 153 cm³/mol. The highest BCUT2D eigenvalue weighted by Gasteiger charge is 2.32. The van der Waals surface area contributed by atoms with E-state index in [-0.39, 0.29) is 36.9 Å². The highest BCUT2D eigenvalue weighted by atomic mass is 32.2. The number of hydrogen-bond donors (Lipinski definition) is 2. The number of carbonyl (C=O) groups is 2. The molecule has 4 aromatic rings. The van der Waals surface area contributed by atoms with Crippen molar-refractivity contribution in [1.29, 1.82) is 0 Å². The summed E-state index contributed by atoms with van der Waals surface area (Å²) in [6, 6.07) is 22.3. The Bertz CT molecular complexity index is 1490. The molecule has 1 amide bonds. The van der Waals surface area contributed by atoms with E-state index in [0.717, 1.165) is 22.3 Å². The van der Waals surface area contributed by atoms with Crippen LogP contribution in [0.15, 0.2) is 78.0 Å². The van der Waals surface area contributed by atoms with Crippen molar-refractivity contribution >= 4 is 29.1 Å². The van der Waals surface area contributed by atoms with E-state index in [4.69, 9.17) is 9.47 Å². The molecule has 2 N–H and O–H groups in total. The van der Waals surface area contributed by atoms with Gasteiger partial charge in [0.25, 0.3) is 0 Å². The van der Waals surface area contributed by atoms with Crippen LogP contribution in [0.25, 0.3) is 0 Å². The molecule has 1 aromatic heterocycles. The van der Waals surface area contributed by atoms with Crippen LogP contribution in [-0.2, 0) is 34.3 Å². The Kier molecular flexibility index (Phi) is 9.20. The minimum atomic E-state index is -0.605. The van der Waals surface area contributed by atoms with E-state index < -0.39 is 6.29 Å². The van der Waals surface area contributed by atoms with Gasteiger partial charge in [-0.25, -0.2) is 4.68 Å². The number of aliphatic hydroxyl groups excluding tert-OH is 1. The van der Waals surface area contributed by atoms with Gasteiger partial charge in [-0.1, -0.05) is 72.4 Å². The van der Waals surface area contributed by atoms with Gasteiger partial charge in [0.1, 0.15) is 0 Å². The van der Waals surface area contributed by atoms with Crippen LogP contribution < -0.4 is 5.32 Å². The van der Waals surface area contributed by atoms with Crippen LogP contribution in [0.4, 0.5) is 5.69 Å². The SMILES string of the molecule is CC(=O)c1cccc(NC(=O)Cc2ccc(C3O[C@H](CSc4nnnn4C)C[C@H](c4ccc(CO)cc4)O3)cc2)c1. The highest BCUT2D eigenvalue weighted by molar-refractivity contribution is 7.99. The zero-order valence-electron chi connectivity index (χ0n) is 22.8. The molecule has 3 atom stereocenters. The van der Waals surface area contributed by atoms with E-state index in [1.54, 1.807) is 36.0 Å². The molecular weight excluding hydrogens is 542 g/mol. The van der Waals surface area contributed by atoms with E-state index in [1.165, 1.54) is 18.7 Å². The first kappa shape index (κ1) is 28.6. The Morgan fingerprint density at radius 2 is 1.76 bits per heavy atom. The van der Waals surface area contributed by atoms with Gasteiger partial charge in [-0.15, -0.1) is 5.10 Å². The minimum Gasteiger partial charge on any atom is -0.392 e. The topological polar surface area (TPSA) is 128 Å². The molecule has 0 bridgehead atoms. The Morgan fingerprint density at radius 1 is 1.02 bits per heavy atom. The number of nitrogens with zero attached hydrogens (tertiary/aromatic N) is 4. The molecule has 0 spiro atoms. The molecule has 1 aliphatic heterocycles. The maximum Gasteiger partial charge on any atom is 0.228 e. The zero-order chi connectivity index (χ0) is 28.8. The molecule has 11 heteroatoms. The summed E-state index contributed by atoms with van der Waals surface area (Å²) in [7, 11) is 1.80. The molecule has 0 saturated carbocycles. The molecule has 1 fully saturated rings. The molecule has 41 heavy (non-hydrogen) atoms.